The number of aromatic nitrogens is 3. The lowest BCUT2D eigenvalue weighted by molar-refractivity contribution is -0.0228. The highest BCUT2D eigenvalue weighted by atomic mass is 79.9. The number of benzene rings is 1. The Morgan fingerprint density at radius 3 is 2.69 bits per heavy atom. The fourth-order valence-electron chi connectivity index (χ4n) is 3.25. The molecule has 0 N–H and O–H groups in total. The van der Waals surface area contributed by atoms with Crippen LogP contribution in [0.5, 0.6) is 0 Å². The molecule has 7 heteroatoms. The Morgan fingerprint density at radius 1 is 1.23 bits per heavy atom. The Morgan fingerprint density at radius 2 is 1.96 bits per heavy atom. The van der Waals surface area contributed by atoms with Crippen LogP contribution in [0.15, 0.2) is 59.5 Å². The van der Waals surface area contributed by atoms with E-state index in [1.54, 1.807) is 10.9 Å². The molecule has 1 unspecified atom stereocenters. The number of aryl methyl sites for hydroxylation is 1. The van der Waals surface area contributed by atoms with Crippen molar-refractivity contribution in [3.05, 3.63) is 70.6 Å². The lowest BCUT2D eigenvalue weighted by atomic mass is 10.1. The molecule has 4 rings (SSSR count). The monoisotopic (exact) mass is 414 g/mol. The third kappa shape index (κ3) is 3.20. The standard InChI is InChI=1S/C19H19BrN4O2/c1-22-18(23-8-2-3-9-23)16(12-21-22)19(25)24-10-11-26-17(13-24)14-4-6-15(20)7-5-14/h2-9,12,17H,10-11,13H2,1H3. The fourth-order valence-corrected chi connectivity index (χ4v) is 3.51. The van der Waals surface area contributed by atoms with Crippen LogP contribution in [0.3, 0.4) is 0 Å². The summed E-state index contributed by atoms with van der Waals surface area (Å²) in [7, 11) is 1.84. The van der Waals surface area contributed by atoms with E-state index in [4.69, 9.17) is 4.74 Å². The molecular formula is C19H19BrN4O2. The van der Waals surface area contributed by atoms with Crippen molar-refractivity contribution in [3.63, 3.8) is 0 Å². The Hall–Kier alpha value is -2.38. The summed E-state index contributed by atoms with van der Waals surface area (Å²) >= 11 is 3.45. The summed E-state index contributed by atoms with van der Waals surface area (Å²) in [6.07, 6.45) is 5.35. The van der Waals surface area contributed by atoms with E-state index in [1.165, 1.54) is 0 Å². The molecule has 0 bridgehead atoms. The molecule has 1 atom stereocenters. The topological polar surface area (TPSA) is 52.3 Å². The molecule has 1 aromatic carbocycles. The number of amides is 1. The minimum absolute atomic E-state index is 0.0211. The number of morpholine rings is 1. The van der Waals surface area contributed by atoms with E-state index in [9.17, 15) is 4.79 Å². The van der Waals surface area contributed by atoms with Gasteiger partial charge in [-0.1, -0.05) is 28.1 Å². The third-order valence-corrected chi connectivity index (χ3v) is 5.11. The number of carbonyl (C=O) groups is 1. The van der Waals surface area contributed by atoms with Gasteiger partial charge in [-0.25, -0.2) is 0 Å². The number of ether oxygens (including phenoxy) is 1. The molecule has 1 amide bonds. The van der Waals surface area contributed by atoms with Crippen LogP contribution in [0, 0.1) is 0 Å². The van der Waals surface area contributed by atoms with Crippen LogP contribution in [0.1, 0.15) is 22.0 Å². The van der Waals surface area contributed by atoms with E-state index in [2.05, 4.69) is 21.0 Å². The lowest BCUT2D eigenvalue weighted by Gasteiger charge is -2.33. The van der Waals surface area contributed by atoms with Crippen molar-refractivity contribution in [2.45, 2.75) is 6.10 Å². The molecule has 2 aromatic heterocycles. The molecule has 0 saturated carbocycles. The van der Waals surface area contributed by atoms with Gasteiger partial charge >= 0.3 is 0 Å². The molecule has 134 valence electrons. The Labute approximate surface area is 160 Å². The van der Waals surface area contributed by atoms with Crippen LogP contribution >= 0.6 is 15.9 Å². The van der Waals surface area contributed by atoms with Crippen molar-refractivity contribution in [3.8, 4) is 5.82 Å². The SMILES string of the molecule is Cn1ncc(C(=O)N2CCOC(c3ccc(Br)cc3)C2)c1-n1cccc1. The summed E-state index contributed by atoms with van der Waals surface area (Å²) in [5.74, 6) is 0.749. The second-order valence-electron chi connectivity index (χ2n) is 6.26. The van der Waals surface area contributed by atoms with Gasteiger partial charge in [-0.05, 0) is 29.8 Å². The molecule has 1 saturated heterocycles. The van der Waals surface area contributed by atoms with Gasteiger partial charge in [0.25, 0.3) is 5.91 Å². The second kappa shape index (κ2) is 7.09. The summed E-state index contributed by atoms with van der Waals surface area (Å²) in [5, 5.41) is 4.29. The lowest BCUT2D eigenvalue weighted by Crippen LogP contribution is -2.42. The van der Waals surface area contributed by atoms with Gasteiger partial charge in [-0.3, -0.25) is 9.48 Å². The quantitative estimate of drug-likeness (QED) is 0.661. The molecule has 0 spiro atoms. The van der Waals surface area contributed by atoms with Gasteiger partial charge < -0.3 is 14.2 Å². The number of rotatable bonds is 3. The average molecular weight is 415 g/mol. The molecule has 0 aliphatic carbocycles. The van der Waals surface area contributed by atoms with E-state index < -0.39 is 0 Å². The molecule has 6 nitrogen and oxygen atoms in total. The van der Waals surface area contributed by atoms with E-state index >= 15 is 0 Å². The fraction of sp³-hybridized carbons (Fsp3) is 0.263. The number of hydrogen-bond acceptors (Lipinski definition) is 3. The number of nitrogens with zero attached hydrogens (tertiary/aromatic N) is 4. The number of carbonyl (C=O) groups excluding carboxylic acids is 1. The molecule has 26 heavy (non-hydrogen) atoms. The first-order chi connectivity index (χ1) is 12.6. The van der Waals surface area contributed by atoms with Crippen LogP contribution < -0.4 is 0 Å². The van der Waals surface area contributed by atoms with Crippen LogP contribution in [0.25, 0.3) is 5.82 Å². The maximum absolute atomic E-state index is 13.2. The zero-order chi connectivity index (χ0) is 18.1. The van der Waals surface area contributed by atoms with Gasteiger partial charge in [0.15, 0.2) is 0 Å². The molecule has 1 aliphatic rings. The summed E-state index contributed by atoms with van der Waals surface area (Å²) in [5.41, 5.74) is 1.67. The summed E-state index contributed by atoms with van der Waals surface area (Å²) in [4.78, 5) is 15.0. The minimum Gasteiger partial charge on any atom is -0.370 e. The maximum atomic E-state index is 13.2. The Bertz CT molecular complexity index is 902. The second-order valence-corrected chi connectivity index (χ2v) is 7.17. The number of halogens is 1. The van der Waals surface area contributed by atoms with Gasteiger partial charge in [0.05, 0.1) is 19.3 Å². The van der Waals surface area contributed by atoms with Crippen molar-refractivity contribution in [2.75, 3.05) is 19.7 Å². The van der Waals surface area contributed by atoms with Gasteiger partial charge in [-0.15, -0.1) is 0 Å². The predicted molar refractivity (Wildman–Crippen MR) is 101 cm³/mol. The van der Waals surface area contributed by atoms with Crippen molar-refractivity contribution < 1.29 is 9.53 Å². The van der Waals surface area contributed by atoms with Crippen molar-refractivity contribution in [1.29, 1.82) is 0 Å². The van der Waals surface area contributed by atoms with E-state index in [1.807, 2.05) is 65.3 Å². The highest BCUT2D eigenvalue weighted by Gasteiger charge is 2.29. The smallest absolute Gasteiger partial charge is 0.259 e. The largest absolute Gasteiger partial charge is 0.370 e. The van der Waals surface area contributed by atoms with Gasteiger partial charge in [-0.2, -0.15) is 5.10 Å². The average Bonchev–Trinajstić information content (AvgIpc) is 3.31. The Kier molecular flexibility index (Phi) is 4.65. The molecule has 0 radical (unpaired) electrons. The highest BCUT2D eigenvalue weighted by Crippen LogP contribution is 2.26. The molecule has 1 fully saturated rings. The maximum Gasteiger partial charge on any atom is 0.259 e. The summed E-state index contributed by atoms with van der Waals surface area (Å²) in [6.45, 7) is 1.62. The first-order valence-corrected chi connectivity index (χ1v) is 9.24. The zero-order valence-corrected chi connectivity index (χ0v) is 16.0. The normalized spacial score (nSPS) is 17.5. The van der Waals surface area contributed by atoms with E-state index in [-0.39, 0.29) is 12.0 Å². The van der Waals surface area contributed by atoms with E-state index in [0.717, 1.165) is 15.9 Å². The van der Waals surface area contributed by atoms with Gasteiger partial charge in [0.2, 0.25) is 0 Å². The summed E-state index contributed by atoms with van der Waals surface area (Å²) in [6, 6.07) is 11.9. The zero-order valence-electron chi connectivity index (χ0n) is 14.4. The molecule has 1 aliphatic heterocycles. The first kappa shape index (κ1) is 17.1. The molecule has 3 aromatic rings. The minimum atomic E-state index is -0.118. The van der Waals surface area contributed by atoms with Gasteiger partial charge in [0, 0.05) is 30.5 Å². The van der Waals surface area contributed by atoms with Gasteiger partial charge in [0.1, 0.15) is 17.5 Å². The van der Waals surface area contributed by atoms with Crippen LogP contribution in [0.2, 0.25) is 0 Å². The number of hydrogen-bond donors (Lipinski definition) is 0. The third-order valence-electron chi connectivity index (χ3n) is 4.58. The highest BCUT2D eigenvalue weighted by molar-refractivity contribution is 9.10. The molecule has 3 heterocycles. The predicted octanol–water partition coefficient (Wildman–Crippen LogP) is 3.19. The van der Waals surface area contributed by atoms with Crippen LogP contribution in [-0.2, 0) is 11.8 Å². The van der Waals surface area contributed by atoms with Crippen LogP contribution in [-0.4, -0.2) is 44.9 Å². The van der Waals surface area contributed by atoms with Crippen LogP contribution in [0.4, 0.5) is 0 Å². The van der Waals surface area contributed by atoms with E-state index in [0.29, 0.717) is 25.3 Å². The van der Waals surface area contributed by atoms with Crippen molar-refractivity contribution in [2.24, 2.45) is 7.05 Å². The summed E-state index contributed by atoms with van der Waals surface area (Å²) < 4.78 is 10.5. The molecular weight excluding hydrogens is 396 g/mol. The van der Waals surface area contributed by atoms with Crippen molar-refractivity contribution in [1.82, 2.24) is 19.2 Å². The van der Waals surface area contributed by atoms with Crippen molar-refractivity contribution >= 4 is 21.8 Å². The Balaban J connectivity index is 1.58. The first-order valence-electron chi connectivity index (χ1n) is 8.45.